The molecule has 5 saturated heterocycles. The van der Waals surface area contributed by atoms with Gasteiger partial charge in [-0.25, -0.2) is 0 Å². The predicted octanol–water partition coefficient (Wildman–Crippen LogP) is 2.17. The molecule has 0 aromatic rings. The van der Waals surface area contributed by atoms with Gasteiger partial charge in [0, 0.05) is 19.3 Å². The zero-order valence-electron chi connectivity index (χ0n) is 21.4. The first kappa shape index (κ1) is 27.3. The smallest absolute Gasteiger partial charge is 0.306 e. The first-order valence-corrected chi connectivity index (χ1v) is 12.8. The number of carbonyl (C=O) groups is 3. The van der Waals surface area contributed by atoms with Gasteiger partial charge in [0.25, 0.3) is 0 Å². The maximum atomic E-state index is 11.9. The fourth-order valence-electron chi connectivity index (χ4n) is 4.89. The molecule has 5 fully saturated rings. The Morgan fingerprint density at radius 3 is 1.50 bits per heavy atom. The van der Waals surface area contributed by atoms with E-state index in [1.165, 1.54) is 0 Å². The van der Waals surface area contributed by atoms with E-state index in [9.17, 15) is 14.4 Å². The molecule has 6 bridgehead atoms. The Morgan fingerprint density at radius 2 is 1.00 bits per heavy atom. The number of carbonyl (C=O) groups excluding carboxylic acids is 3. The molecule has 5 rings (SSSR count). The van der Waals surface area contributed by atoms with Crippen LogP contribution >= 0.6 is 0 Å². The Labute approximate surface area is 211 Å². The van der Waals surface area contributed by atoms with Crippen molar-refractivity contribution in [3.63, 3.8) is 0 Å². The molecule has 5 aliphatic heterocycles. The first-order valence-electron chi connectivity index (χ1n) is 12.8. The lowest BCUT2D eigenvalue weighted by Gasteiger charge is -2.25. The fraction of sp³-hybridized carbons (Fsp3) is 0.880. The molecule has 0 saturated carbocycles. The van der Waals surface area contributed by atoms with Gasteiger partial charge in [-0.3, -0.25) is 14.4 Å². The van der Waals surface area contributed by atoms with Gasteiger partial charge in [0.15, 0.2) is 11.6 Å². The second-order valence-corrected chi connectivity index (χ2v) is 10.6. The third-order valence-electron chi connectivity index (χ3n) is 7.14. The summed E-state index contributed by atoms with van der Waals surface area (Å²) in [6, 6.07) is 0. The van der Waals surface area contributed by atoms with E-state index in [0.29, 0.717) is 51.9 Å². The van der Waals surface area contributed by atoms with Gasteiger partial charge in [0.1, 0.15) is 32.0 Å². The molecule has 0 amide bonds. The van der Waals surface area contributed by atoms with Crippen LogP contribution < -0.4 is 0 Å². The average Bonchev–Trinajstić information content (AvgIpc) is 3.54. The summed E-state index contributed by atoms with van der Waals surface area (Å²) in [5.74, 6) is -2.07. The van der Waals surface area contributed by atoms with Gasteiger partial charge in [0.05, 0.1) is 37.8 Å². The molecular formula is C25H38O11. The third kappa shape index (κ3) is 7.61. The number of fused-ring (bicyclic) bond motifs is 6. The van der Waals surface area contributed by atoms with E-state index in [4.69, 9.17) is 37.9 Å². The summed E-state index contributed by atoms with van der Waals surface area (Å²) < 4.78 is 43.9. The molecule has 204 valence electrons. The molecular weight excluding hydrogens is 476 g/mol. The Kier molecular flexibility index (Phi) is 8.56. The van der Waals surface area contributed by atoms with Gasteiger partial charge in [-0.1, -0.05) is 0 Å². The van der Waals surface area contributed by atoms with Crippen LogP contribution in [0.2, 0.25) is 0 Å². The topological polar surface area (TPSA) is 125 Å². The minimum Gasteiger partial charge on any atom is -0.463 e. The zero-order chi connectivity index (χ0) is 25.8. The molecule has 36 heavy (non-hydrogen) atoms. The lowest BCUT2D eigenvalue weighted by Crippen LogP contribution is -2.32. The van der Waals surface area contributed by atoms with E-state index in [1.54, 1.807) is 6.92 Å². The van der Waals surface area contributed by atoms with E-state index >= 15 is 0 Å². The van der Waals surface area contributed by atoms with Crippen LogP contribution in [0.15, 0.2) is 0 Å². The van der Waals surface area contributed by atoms with Gasteiger partial charge >= 0.3 is 17.9 Å². The van der Waals surface area contributed by atoms with Crippen molar-refractivity contribution in [3.8, 4) is 0 Å². The number of hydrogen-bond donors (Lipinski definition) is 0. The highest BCUT2D eigenvalue weighted by Crippen LogP contribution is 2.35. The second-order valence-electron chi connectivity index (χ2n) is 10.6. The Hall–Kier alpha value is -1.79. The van der Waals surface area contributed by atoms with E-state index in [-0.39, 0.29) is 61.5 Å². The lowest BCUT2D eigenvalue weighted by molar-refractivity contribution is -0.184. The Bertz CT molecular complexity index is 774. The van der Waals surface area contributed by atoms with Crippen molar-refractivity contribution in [1.82, 2.24) is 0 Å². The third-order valence-corrected chi connectivity index (χ3v) is 7.14. The van der Waals surface area contributed by atoms with E-state index in [2.05, 4.69) is 0 Å². The van der Waals surface area contributed by atoms with Crippen LogP contribution in [0, 0.1) is 0 Å². The highest BCUT2D eigenvalue weighted by Gasteiger charge is 2.41. The van der Waals surface area contributed by atoms with Crippen LogP contribution in [0.4, 0.5) is 0 Å². The van der Waals surface area contributed by atoms with Crippen LogP contribution in [0.1, 0.15) is 72.1 Å². The van der Waals surface area contributed by atoms with Crippen molar-refractivity contribution in [3.05, 3.63) is 0 Å². The molecule has 0 N–H and O–H groups in total. The van der Waals surface area contributed by atoms with E-state index in [1.807, 2.05) is 13.8 Å². The van der Waals surface area contributed by atoms with Gasteiger partial charge in [-0.05, 0) is 40.0 Å². The van der Waals surface area contributed by atoms with Crippen LogP contribution in [-0.2, 0) is 52.3 Å². The molecule has 5 aliphatic rings. The van der Waals surface area contributed by atoms with Crippen molar-refractivity contribution in [2.24, 2.45) is 0 Å². The molecule has 0 aliphatic carbocycles. The molecule has 6 atom stereocenters. The average molecular weight is 515 g/mol. The van der Waals surface area contributed by atoms with Gasteiger partial charge in [-0.2, -0.15) is 0 Å². The van der Waals surface area contributed by atoms with Crippen LogP contribution in [0.3, 0.4) is 0 Å². The number of rotatable bonds is 0. The number of cyclic esters (lactones) is 3. The van der Waals surface area contributed by atoms with Crippen LogP contribution in [-0.4, -0.2) is 86.4 Å². The van der Waals surface area contributed by atoms with Crippen LogP contribution in [0.25, 0.3) is 0 Å². The minimum atomic E-state index is -0.838. The summed E-state index contributed by atoms with van der Waals surface area (Å²) in [5, 5.41) is 0. The van der Waals surface area contributed by atoms with Gasteiger partial charge in [0.2, 0.25) is 0 Å². The standard InChI is InChI=1S/C17H26O7.C8H12O4/c1-16-6-3-12(23-16)9-20-15(19)5-8-17(2)22-11-13(24-17)10-21-14(18)4-7-16;1-8-3-2-7(9)10-4-6(12-8)5-11-8/h12-13H,3-11H2,1-2H3;6H,2-5H2,1H3. The van der Waals surface area contributed by atoms with Crippen molar-refractivity contribution in [2.45, 2.75) is 108 Å². The summed E-state index contributed by atoms with van der Waals surface area (Å²) in [6.07, 6.45) is 3.67. The highest BCUT2D eigenvalue weighted by molar-refractivity contribution is 5.70. The maximum Gasteiger partial charge on any atom is 0.306 e. The molecule has 11 heteroatoms. The monoisotopic (exact) mass is 514 g/mol. The van der Waals surface area contributed by atoms with Crippen molar-refractivity contribution in [1.29, 1.82) is 0 Å². The van der Waals surface area contributed by atoms with Crippen molar-refractivity contribution >= 4 is 17.9 Å². The van der Waals surface area contributed by atoms with Crippen LogP contribution in [0.5, 0.6) is 0 Å². The van der Waals surface area contributed by atoms with Crippen molar-refractivity contribution < 1.29 is 52.3 Å². The number of ether oxygens (including phenoxy) is 8. The fourth-order valence-corrected chi connectivity index (χ4v) is 4.89. The number of esters is 3. The molecule has 6 unspecified atom stereocenters. The highest BCUT2D eigenvalue weighted by atomic mass is 16.8. The van der Waals surface area contributed by atoms with Gasteiger partial charge < -0.3 is 37.9 Å². The molecule has 5 heterocycles. The largest absolute Gasteiger partial charge is 0.463 e. The molecule has 0 aromatic carbocycles. The lowest BCUT2D eigenvalue weighted by atomic mass is 9.96. The quantitative estimate of drug-likeness (QED) is 0.349. The minimum absolute atomic E-state index is 0.0701. The predicted molar refractivity (Wildman–Crippen MR) is 122 cm³/mol. The molecule has 0 radical (unpaired) electrons. The van der Waals surface area contributed by atoms with E-state index in [0.717, 1.165) is 12.8 Å². The molecule has 0 spiro atoms. The first-order chi connectivity index (χ1) is 17.0. The van der Waals surface area contributed by atoms with Gasteiger partial charge in [-0.15, -0.1) is 0 Å². The zero-order valence-corrected chi connectivity index (χ0v) is 21.4. The summed E-state index contributed by atoms with van der Waals surface area (Å²) in [5.41, 5.74) is -0.362. The second kappa shape index (κ2) is 11.3. The molecule has 0 aromatic heterocycles. The molecule has 11 nitrogen and oxygen atoms in total. The summed E-state index contributed by atoms with van der Waals surface area (Å²) >= 11 is 0. The summed E-state index contributed by atoms with van der Waals surface area (Å²) in [4.78, 5) is 34.8. The summed E-state index contributed by atoms with van der Waals surface area (Å²) in [7, 11) is 0. The Balaban J connectivity index is 0.000000211. The summed E-state index contributed by atoms with van der Waals surface area (Å²) in [6.45, 7) is 7.27. The maximum absolute atomic E-state index is 11.9. The number of hydrogen-bond acceptors (Lipinski definition) is 11. The van der Waals surface area contributed by atoms with Crippen molar-refractivity contribution in [2.75, 3.05) is 33.0 Å². The van der Waals surface area contributed by atoms with E-state index < -0.39 is 11.6 Å². The SMILES string of the molecule is CC12CCC(=O)OCC(CO1)O2.CC12CCC(=O)OCC3COC(C)(CCC(=O)OCC(CC1)O2)O3. The Morgan fingerprint density at radius 1 is 0.556 bits per heavy atom. The normalized spacial score (nSPS) is 41.8.